The summed E-state index contributed by atoms with van der Waals surface area (Å²) in [7, 11) is 0. The third kappa shape index (κ3) is 14.9. The van der Waals surface area contributed by atoms with Gasteiger partial charge >= 0.3 is 0 Å². The van der Waals surface area contributed by atoms with Crippen LogP contribution in [0.15, 0.2) is 478 Å². The molecule has 2 atom stereocenters. The molecule has 2 aliphatic rings. The molecule has 7 nitrogen and oxygen atoms in total. The van der Waals surface area contributed by atoms with Crippen molar-refractivity contribution >= 4 is 90.2 Å². The molecule has 0 radical (unpaired) electrons. The number of ether oxygens (including phenoxy) is 2. The Kier molecular flexibility index (Phi) is 20.7. The lowest BCUT2D eigenvalue weighted by Crippen LogP contribution is -2.28. The predicted molar refractivity (Wildman–Crippen MR) is 531 cm³/mol. The van der Waals surface area contributed by atoms with E-state index in [9.17, 15) is 8.78 Å². The van der Waals surface area contributed by atoms with Gasteiger partial charge in [0, 0.05) is 91.2 Å². The molecule has 0 aliphatic heterocycles. The van der Waals surface area contributed by atoms with Crippen LogP contribution >= 0.6 is 0 Å². The van der Waals surface area contributed by atoms with Crippen LogP contribution < -0.4 is 29.1 Å². The quantitative estimate of drug-likeness (QED) is 0.0627. The molecular weight excluding hydrogens is 1680 g/mol. The summed E-state index contributed by atoms with van der Waals surface area (Å²) in [5.74, 6) is 0.618. The first kappa shape index (κ1) is 82.0. The van der Waals surface area contributed by atoms with Crippen molar-refractivity contribution in [3.8, 4) is 67.5 Å². The van der Waals surface area contributed by atoms with Gasteiger partial charge in [0.15, 0.2) is 0 Å². The van der Waals surface area contributed by atoms with E-state index in [1.807, 2.05) is 194 Å². The SMILES string of the molecule is Fc1ccc(N(c2ccc(-c3ccc(N(c4ccc(F)cc4)c4ccc5c(c4)oc4cc(N(c6ccc(F)cc6)c6ccc(-c7ccc(N(c8ccc(F)cc8)c8ccc9c(c8)C(c8ccc(F)cc8)(c8ccc(Oc%10ccccc%10)cc8)c8ccccc8-9)cc7)cc6)ccc45)cc3)cc2)c2ccc3c(c2)C(c2ccc(F)cc2)(c2ccc(Oc4ccccc4)cc2)c2ccccc2-3)cc1. The van der Waals surface area contributed by atoms with Gasteiger partial charge in [-0.1, -0.05) is 194 Å². The number of halogens is 6. The van der Waals surface area contributed by atoms with Gasteiger partial charge in [0.05, 0.1) is 10.8 Å². The van der Waals surface area contributed by atoms with Crippen molar-refractivity contribution in [1.82, 2.24) is 0 Å². The van der Waals surface area contributed by atoms with Crippen molar-refractivity contribution in [3.05, 3.63) is 553 Å². The molecule has 0 N–H and O–H groups in total. The molecular formula is C122H78F6N4O3. The number of para-hydroxylation sites is 2. The lowest BCUT2D eigenvalue weighted by molar-refractivity contribution is 0.482. The van der Waals surface area contributed by atoms with E-state index in [4.69, 9.17) is 13.9 Å². The maximum Gasteiger partial charge on any atom is 0.137 e. The summed E-state index contributed by atoms with van der Waals surface area (Å²) in [6.45, 7) is 0. The van der Waals surface area contributed by atoms with Gasteiger partial charge < -0.3 is 33.5 Å². The van der Waals surface area contributed by atoms with Crippen LogP contribution in [0.25, 0.3) is 66.4 Å². The van der Waals surface area contributed by atoms with E-state index in [0.717, 1.165) is 168 Å². The molecule has 135 heavy (non-hydrogen) atoms. The van der Waals surface area contributed by atoms with Crippen molar-refractivity contribution in [2.75, 3.05) is 19.6 Å². The Morgan fingerprint density at radius 2 is 0.393 bits per heavy atom. The summed E-state index contributed by atoms with van der Waals surface area (Å²) in [5, 5.41) is 1.76. The Morgan fingerprint density at radius 3 is 0.681 bits per heavy atom. The zero-order valence-electron chi connectivity index (χ0n) is 72.3. The summed E-state index contributed by atoms with van der Waals surface area (Å²) in [4.78, 5) is 8.39. The van der Waals surface area contributed by atoms with Crippen molar-refractivity contribution in [1.29, 1.82) is 0 Å². The lowest BCUT2D eigenvalue weighted by Gasteiger charge is -2.35. The van der Waals surface area contributed by atoms with E-state index >= 15 is 17.6 Å². The molecule has 0 amide bonds. The van der Waals surface area contributed by atoms with E-state index in [-0.39, 0.29) is 34.9 Å². The number of furan rings is 1. The number of hydrogen-bond donors (Lipinski definition) is 0. The molecule has 20 aromatic carbocycles. The maximum absolute atomic E-state index is 15.1. The molecule has 13 heteroatoms. The molecule has 1 aromatic heterocycles. The van der Waals surface area contributed by atoms with E-state index in [2.05, 4.69) is 177 Å². The molecule has 0 bridgehead atoms. The molecule has 0 saturated heterocycles. The number of anilines is 12. The number of hydrogen-bond acceptors (Lipinski definition) is 7. The largest absolute Gasteiger partial charge is 0.457 e. The average Bonchev–Trinajstić information content (AvgIpc) is 1.54. The Bertz CT molecular complexity index is 7510. The summed E-state index contributed by atoms with van der Waals surface area (Å²) in [6.07, 6.45) is 0. The minimum Gasteiger partial charge on any atom is -0.457 e. The zero-order valence-corrected chi connectivity index (χ0v) is 72.3. The van der Waals surface area contributed by atoms with Crippen LogP contribution in [-0.2, 0) is 10.8 Å². The topological polar surface area (TPSA) is 44.6 Å². The Hall–Kier alpha value is -17.4. The van der Waals surface area contributed by atoms with Crippen molar-refractivity contribution in [2.24, 2.45) is 0 Å². The highest BCUT2D eigenvalue weighted by atomic mass is 19.1. The molecule has 0 saturated carbocycles. The molecule has 0 fully saturated rings. The fourth-order valence-electron chi connectivity index (χ4n) is 20.0. The van der Waals surface area contributed by atoms with Crippen LogP contribution in [0.3, 0.4) is 0 Å². The molecule has 646 valence electrons. The third-order valence-electron chi connectivity index (χ3n) is 26.1. The molecule has 23 rings (SSSR count). The van der Waals surface area contributed by atoms with Gasteiger partial charge in [-0.05, 0) is 356 Å². The number of nitrogens with zero attached hydrogens (tertiary/aromatic N) is 4. The van der Waals surface area contributed by atoms with Gasteiger partial charge in [-0.15, -0.1) is 0 Å². The Balaban J connectivity index is 0.538. The maximum atomic E-state index is 15.1. The summed E-state index contributed by atoms with van der Waals surface area (Å²) in [6, 6.07) is 150. The van der Waals surface area contributed by atoms with Gasteiger partial charge in [-0.25, -0.2) is 26.3 Å². The highest BCUT2D eigenvalue weighted by Gasteiger charge is 2.49. The van der Waals surface area contributed by atoms with E-state index in [1.165, 1.54) is 72.8 Å². The van der Waals surface area contributed by atoms with Crippen molar-refractivity contribution in [2.45, 2.75) is 10.8 Å². The monoisotopic (exact) mass is 1760 g/mol. The minimum atomic E-state index is -0.906. The molecule has 2 aliphatic carbocycles. The summed E-state index contributed by atoms with van der Waals surface area (Å²) in [5.41, 5.74) is 24.5. The summed E-state index contributed by atoms with van der Waals surface area (Å²) >= 11 is 0. The van der Waals surface area contributed by atoms with Gasteiger partial charge in [0.2, 0.25) is 0 Å². The van der Waals surface area contributed by atoms with Crippen LogP contribution in [0.5, 0.6) is 23.0 Å². The van der Waals surface area contributed by atoms with E-state index in [0.29, 0.717) is 34.2 Å². The molecule has 2 unspecified atom stereocenters. The first-order valence-corrected chi connectivity index (χ1v) is 44.6. The van der Waals surface area contributed by atoms with E-state index in [1.54, 1.807) is 48.5 Å². The molecule has 21 aromatic rings. The summed E-state index contributed by atoms with van der Waals surface area (Å²) < 4.78 is 110. The van der Waals surface area contributed by atoms with Crippen LogP contribution in [-0.4, -0.2) is 0 Å². The van der Waals surface area contributed by atoms with Gasteiger partial charge in [-0.3, -0.25) is 0 Å². The van der Waals surface area contributed by atoms with Gasteiger partial charge in [0.25, 0.3) is 0 Å². The minimum absolute atomic E-state index is 0.342. The second-order valence-electron chi connectivity index (χ2n) is 33.8. The number of benzene rings is 20. The van der Waals surface area contributed by atoms with Gasteiger partial charge in [-0.2, -0.15) is 0 Å². The fourth-order valence-corrected chi connectivity index (χ4v) is 20.0. The molecule has 1 heterocycles. The first-order chi connectivity index (χ1) is 66.3. The Morgan fingerprint density at radius 1 is 0.178 bits per heavy atom. The van der Waals surface area contributed by atoms with Gasteiger partial charge in [0.1, 0.15) is 69.1 Å². The highest BCUT2D eigenvalue weighted by molar-refractivity contribution is 6.08. The van der Waals surface area contributed by atoms with Crippen LogP contribution in [0.2, 0.25) is 0 Å². The second kappa shape index (κ2) is 34.1. The highest BCUT2D eigenvalue weighted by Crippen LogP contribution is 2.61. The van der Waals surface area contributed by atoms with Crippen molar-refractivity contribution in [3.63, 3.8) is 0 Å². The van der Waals surface area contributed by atoms with Crippen LogP contribution in [0.1, 0.15) is 44.5 Å². The number of rotatable bonds is 22. The fraction of sp³-hybridized carbons (Fsp3) is 0.0164. The third-order valence-corrected chi connectivity index (χ3v) is 26.1. The normalized spacial score (nSPS) is 13.9. The lowest BCUT2D eigenvalue weighted by atomic mass is 9.67. The number of fused-ring (bicyclic) bond motifs is 9. The van der Waals surface area contributed by atoms with Crippen LogP contribution in [0, 0.1) is 34.9 Å². The smallest absolute Gasteiger partial charge is 0.137 e. The zero-order chi connectivity index (χ0) is 90.8. The van der Waals surface area contributed by atoms with Crippen LogP contribution in [0.4, 0.5) is 94.6 Å². The molecule has 0 spiro atoms. The Labute approximate surface area is 776 Å². The second-order valence-corrected chi connectivity index (χ2v) is 33.8. The standard InChI is InChI=1S/C122H78F6N4O3/c123-87-35-27-83(28-36-87)121(85-31-67-107(68-32-85)133-105-11-3-1-4-12-105)115-17-9-7-15-109(115)111-71-63-101(75-117(111)121)129(97-55-39-89(125)40-56-97)93-47-19-79(20-48-93)81-23-51-95(52-24-81)131(99-59-43-91(127)44-60-99)103-65-73-113-114-74-66-104(78-120(114)135-119(113)77-103)132(100-61-45-92(128)46-62-100)96-53-25-82(26-54-96)80-21-49-94(50-22-80)130(98-57-41-90(126)42-58-98)102-64-72-112-110-16-8-10-18-116(110)122(118(112)76-102,84-29-37-88(124)38-30-84)86-33-69-108(70-34-86)134-106-13-5-2-6-14-106/h1-78H. The first-order valence-electron chi connectivity index (χ1n) is 44.6. The average molecular weight is 1760 g/mol. The predicted octanol–water partition coefficient (Wildman–Crippen LogP) is 33.9. The van der Waals surface area contributed by atoms with E-state index < -0.39 is 10.8 Å². The van der Waals surface area contributed by atoms with Crippen molar-refractivity contribution < 1.29 is 40.2 Å².